The Morgan fingerprint density at radius 3 is 2.67 bits per heavy atom. The van der Waals surface area contributed by atoms with E-state index in [1.807, 2.05) is 0 Å². The Labute approximate surface area is 134 Å². The van der Waals surface area contributed by atoms with E-state index in [4.69, 9.17) is 14.4 Å². The number of aliphatic hydroxyl groups excluding tert-OH is 4. The van der Waals surface area contributed by atoms with Crippen LogP contribution in [0.3, 0.4) is 0 Å². The standard InChI is InChI=1S/C9H20BNO7S3/c1-21(19,20)9(16)11-4-10-17-3-6(14)8(18-10)7(15)5(13)2-12/h5-8,12-15,19-20H,2-4H2,1H3,(H,11,16). The minimum Gasteiger partial charge on any atom is -0.407 e. The van der Waals surface area contributed by atoms with Crippen molar-refractivity contribution < 1.29 is 34.5 Å². The molecule has 0 aliphatic carbocycles. The summed E-state index contributed by atoms with van der Waals surface area (Å²) < 4.78 is 10.5. The molecule has 0 spiro atoms. The molecule has 0 aromatic carbocycles. The first-order chi connectivity index (χ1) is 9.66. The Hall–Kier alpha value is 0.345. The number of amides is 1. The fourth-order valence-electron chi connectivity index (χ4n) is 1.65. The number of aliphatic hydroxyl groups is 4. The molecule has 0 aromatic rings. The van der Waals surface area contributed by atoms with Gasteiger partial charge in [0, 0.05) is 0 Å². The molecule has 1 rings (SSSR count). The maximum Gasteiger partial charge on any atom is 0.478 e. The van der Waals surface area contributed by atoms with Crippen molar-refractivity contribution in [3.8, 4) is 0 Å². The molecule has 4 unspecified atom stereocenters. The fourth-order valence-corrected chi connectivity index (χ4v) is 2.40. The predicted molar refractivity (Wildman–Crippen MR) is 86.6 cm³/mol. The summed E-state index contributed by atoms with van der Waals surface area (Å²) in [6.45, 7) is -0.802. The lowest BCUT2D eigenvalue weighted by atomic mass is 9.86. The Bertz CT molecular complexity index is 359. The third kappa shape index (κ3) is 5.80. The first-order valence-electron chi connectivity index (χ1n) is 6.10. The molecule has 12 heteroatoms. The first-order valence-corrected chi connectivity index (χ1v) is 10.2. The second-order valence-electron chi connectivity index (χ2n) is 4.67. The van der Waals surface area contributed by atoms with Gasteiger partial charge in [0.05, 0.1) is 25.8 Å². The quantitative estimate of drug-likeness (QED) is 0.177. The van der Waals surface area contributed by atoms with E-state index < -0.39 is 46.2 Å². The molecule has 4 atom stereocenters. The fraction of sp³-hybridized carbons (Fsp3) is 0.889. The summed E-state index contributed by atoms with van der Waals surface area (Å²) in [6.07, 6.45) is -3.65. The average molecular weight is 361 g/mol. The third-order valence-electron chi connectivity index (χ3n) is 2.82. The van der Waals surface area contributed by atoms with E-state index >= 15 is 0 Å². The van der Waals surface area contributed by atoms with Crippen LogP contribution in [0.4, 0.5) is 4.79 Å². The number of thiol groups is 2. The molecule has 0 bridgehead atoms. The van der Waals surface area contributed by atoms with Crippen LogP contribution >= 0.6 is 31.4 Å². The van der Waals surface area contributed by atoms with Crippen molar-refractivity contribution in [2.24, 2.45) is 0 Å². The third-order valence-corrected chi connectivity index (χ3v) is 4.66. The van der Waals surface area contributed by atoms with Gasteiger partial charge >= 0.3 is 7.12 Å². The summed E-state index contributed by atoms with van der Waals surface area (Å²) in [5.74, 6) is 0. The molecule has 0 saturated carbocycles. The van der Waals surface area contributed by atoms with Gasteiger partial charge in [-0.2, -0.15) is 0 Å². The minimum absolute atomic E-state index is 0.0201. The molecule has 5 N–H and O–H groups in total. The van der Waals surface area contributed by atoms with Crippen LogP contribution in [-0.4, -0.2) is 83.1 Å². The normalized spacial score (nSPS) is 27.1. The first kappa shape index (κ1) is 19.4. The summed E-state index contributed by atoms with van der Waals surface area (Å²) >= 11 is 8.13. The zero-order chi connectivity index (χ0) is 16.2. The Morgan fingerprint density at radius 2 is 2.14 bits per heavy atom. The lowest BCUT2D eigenvalue weighted by molar-refractivity contribution is -0.137. The molecule has 1 saturated heterocycles. The highest BCUT2D eigenvalue weighted by Crippen LogP contribution is 2.53. The molecular formula is C9H20BNO7S3. The lowest BCUT2D eigenvalue weighted by Gasteiger charge is -2.36. The summed E-state index contributed by atoms with van der Waals surface area (Å²) in [4.78, 5) is 11.6. The molecule has 1 aliphatic rings. The Morgan fingerprint density at radius 1 is 1.52 bits per heavy atom. The van der Waals surface area contributed by atoms with Gasteiger partial charge in [0.1, 0.15) is 18.3 Å². The van der Waals surface area contributed by atoms with E-state index in [2.05, 4.69) is 28.6 Å². The maximum atomic E-state index is 11.6. The summed E-state index contributed by atoms with van der Waals surface area (Å²) in [5.41, 5.74) is 0. The van der Waals surface area contributed by atoms with E-state index in [-0.39, 0.29) is 18.3 Å². The van der Waals surface area contributed by atoms with Crippen molar-refractivity contribution in [3.63, 3.8) is 0 Å². The van der Waals surface area contributed by atoms with Crippen LogP contribution in [0.5, 0.6) is 0 Å². The van der Waals surface area contributed by atoms with Gasteiger partial charge in [0.2, 0.25) is 0 Å². The Kier molecular flexibility index (Phi) is 7.64. The van der Waals surface area contributed by atoms with E-state index in [1.54, 1.807) is 6.26 Å². The SMILES string of the molecule is CS(S)(S)C(=O)NCB1OCC(O)C(C(O)C(O)CO)O1. The highest BCUT2D eigenvalue weighted by Gasteiger charge is 2.41. The number of carbonyl (C=O) groups is 1. The van der Waals surface area contributed by atoms with Crippen LogP contribution in [0, 0.1) is 0 Å². The molecular weight excluding hydrogens is 341 g/mol. The van der Waals surface area contributed by atoms with Gasteiger partial charge in [0.15, 0.2) is 0 Å². The lowest BCUT2D eigenvalue weighted by Crippen LogP contribution is -2.57. The molecule has 1 heterocycles. The maximum absolute atomic E-state index is 11.6. The van der Waals surface area contributed by atoms with Crippen LogP contribution in [0.2, 0.25) is 0 Å². The van der Waals surface area contributed by atoms with E-state index in [1.165, 1.54) is 0 Å². The highest BCUT2D eigenvalue weighted by atomic mass is 33.5. The number of hydrogen-bond acceptors (Lipinski definition) is 9. The monoisotopic (exact) mass is 361 g/mol. The number of carbonyl (C=O) groups excluding carboxylic acids is 1. The van der Waals surface area contributed by atoms with Gasteiger partial charge < -0.3 is 35.1 Å². The zero-order valence-electron chi connectivity index (χ0n) is 11.3. The van der Waals surface area contributed by atoms with Crippen LogP contribution in [-0.2, 0) is 9.31 Å². The topological polar surface area (TPSA) is 128 Å². The summed E-state index contributed by atoms with van der Waals surface area (Å²) in [6, 6.07) is 0. The van der Waals surface area contributed by atoms with Crippen molar-refractivity contribution in [1.29, 1.82) is 0 Å². The molecule has 0 aromatic heterocycles. The van der Waals surface area contributed by atoms with E-state index in [0.717, 1.165) is 0 Å². The molecule has 1 aliphatic heterocycles. The van der Waals surface area contributed by atoms with Gasteiger partial charge in [-0.15, -0.1) is 23.3 Å². The van der Waals surface area contributed by atoms with Crippen LogP contribution in [0.15, 0.2) is 0 Å². The zero-order valence-corrected chi connectivity index (χ0v) is 13.9. The van der Waals surface area contributed by atoms with E-state index in [0.29, 0.717) is 0 Å². The minimum atomic E-state index is -2.01. The summed E-state index contributed by atoms with van der Waals surface area (Å²) in [7, 11) is -2.90. The number of nitrogens with one attached hydrogen (secondary N) is 1. The van der Waals surface area contributed by atoms with Crippen LogP contribution < -0.4 is 5.32 Å². The molecule has 0 radical (unpaired) electrons. The summed E-state index contributed by atoms with van der Waals surface area (Å²) in [5, 5.41) is 39.8. The number of rotatable bonds is 5. The molecule has 124 valence electrons. The molecule has 8 nitrogen and oxygen atoms in total. The van der Waals surface area contributed by atoms with Gasteiger partial charge in [-0.25, -0.2) is 0 Å². The predicted octanol–water partition coefficient (Wildman–Crippen LogP) is -1.66. The van der Waals surface area contributed by atoms with Crippen molar-refractivity contribution >= 4 is 43.8 Å². The van der Waals surface area contributed by atoms with Crippen molar-refractivity contribution in [2.75, 3.05) is 25.9 Å². The van der Waals surface area contributed by atoms with Crippen LogP contribution in [0.25, 0.3) is 0 Å². The largest absolute Gasteiger partial charge is 0.478 e. The molecule has 1 fully saturated rings. The van der Waals surface area contributed by atoms with Gasteiger partial charge in [0.25, 0.3) is 5.24 Å². The van der Waals surface area contributed by atoms with Crippen molar-refractivity contribution in [1.82, 2.24) is 5.32 Å². The molecule has 21 heavy (non-hydrogen) atoms. The Balaban J connectivity index is 2.54. The average Bonchev–Trinajstić information content (AvgIpc) is 2.43. The second-order valence-corrected chi connectivity index (χ2v) is 12.0. The second kappa shape index (κ2) is 8.27. The molecule has 1 amide bonds. The number of hydrogen-bond donors (Lipinski definition) is 7. The van der Waals surface area contributed by atoms with Gasteiger partial charge in [-0.1, -0.05) is 8.09 Å². The smallest absolute Gasteiger partial charge is 0.407 e. The van der Waals surface area contributed by atoms with Crippen molar-refractivity contribution in [2.45, 2.75) is 24.4 Å². The van der Waals surface area contributed by atoms with E-state index in [9.17, 15) is 20.1 Å². The van der Waals surface area contributed by atoms with Crippen molar-refractivity contribution in [3.05, 3.63) is 0 Å². The highest BCUT2D eigenvalue weighted by molar-refractivity contribution is 9.22. The van der Waals surface area contributed by atoms with Gasteiger partial charge in [-0.05, 0) is 6.26 Å². The van der Waals surface area contributed by atoms with Gasteiger partial charge in [-0.3, -0.25) is 4.79 Å². The van der Waals surface area contributed by atoms with Crippen LogP contribution in [0.1, 0.15) is 0 Å².